The van der Waals surface area contributed by atoms with Crippen LogP contribution in [0, 0.1) is 13.8 Å². The van der Waals surface area contributed by atoms with Crippen LogP contribution in [0.15, 0.2) is 23.7 Å². The number of nitrogens with zero attached hydrogens (tertiary/aromatic N) is 1. The van der Waals surface area contributed by atoms with Crippen molar-refractivity contribution in [2.75, 3.05) is 0 Å². The van der Waals surface area contributed by atoms with Gasteiger partial charge in [0.1, 0.15) is 12.4 Å². The quantitative estimate of drug-likeness (QED) is 0.825. The molecule has 2 aromatic rings. The van der Waals surface area contributed by atoms with Crippen LogP contribution in [0.4, 0.5) is 0 Å². The SMILES string of the molecule is Cc1ccc(OCc2ncsc2C)c(Cl)c1. The summed E-state index contributed by atoms with van der Waals surface area (Å²) in [4.78, 5) is 5.41. The summed E-state index contributed by atoms with van der Waals surface area (Å²) in [5.74, 6) is 0.708. The molecule has 0 atom stereocenters. The van der Waals surface area contributed by atoms with Crippen molar-refractivity contribution in [1.82, 2.24) is 4.98 Å². The van der Waals surface area contributed by atoms with Crippen molar-refractivity contribution in [1.29, 1.82) is 0 Å². The van der Waals surface area contributed by atoms with Crippen LogP contribution in [-0.4, -0.2) is 4.98 Å². The van der Waals surface area contributed by atoms with E-state index in [0.29, 0.717) is 17.4 Å². The van der Waals surface area contributed by atoms with E-state index in [2.05, 4.69) is 4.98 Å². The van der Waals surface area contributed by atoms with E-state index in [1.807, 2.05) is 37.6 Å². The molecule has 0 aliphatic rings. The van der Waals surface area contributed by atoms with Crippen molar-refractivity contribution in [2.45, 2.75) is 20.5 Å². The van der Waals surface area contributed by atoms with E-state index >= 15 is 0 Å². The maximum Gasteiger partial charge on any atom is 0.138 e. The minimum absolute atomic E-state index is 0.470. The fraction of sp³-hybridized carbons (Fsp3) is 0.250. The first-order valence-electron chi connectivity index (χ1n) is 4.95. The number of thiazole rings is 1. The maximum absolute atomic E-state index is 6.07. The van der Waals surface area contributed by atoms with Crippen LogP contribution in [0.3, 0.4) is 0 Å². The summed E-state index contributed by atoms with van der Waals surface area (Å²) in [6, 6.07) is 5.76. The molecular weight excluding hydrogens is 242 g/mol. The highest BCUT2D eigenvalue weighted by atomic mass is 35.5. The van der Waals surface area contributed by atoms with Gasteiger partial charge >= 0.3 is 0 Å². The Morgan fingerprint density at radius 2 is 2.19 bits per heavy atom. The van der Waals surface area contributed by atoms with Crippen molar-refractivity contribution >= 4 is 22.9 Å². The van der Waals surface area contributed by atoms with Gasteiger partial charge in [0.05, 0.1) is 16.2 Å². The molecule has 0 bridgehead atoms. The van der Waals surface area contributed by atoms with E-state index in [-0.39, 0.29) is 0 Å². The zero-order valence-electron chi connectivity index (χ0n) is 9.16. The molecule has 16 heavy (non-hydrogen) atoms. The first kappa shape index (κ1) is 11.4. The third-order valence-electron chi connectivity index (χ3n) is 2.30. The lowest BCUT2D eigenvalue weighted by Crippen LogP contribution is -1.97. The molecule has 1 aromatic heterocycles. The fourth-order valence-electron chi connectivity index (χ4n) is 1.34. The topological polar surface area (TPSA) is 22.1 Å². The van der Waals surface area contributed by atoms with E-state index in [1.54, 1.807) is 11.3 Å². The number of aryl methyl sites for hydroxylation is 2. The van der Waals surface area contributed by atoms with Gasteiger partial charge in [0, 0.05) is 4.88 Å². The molecule has 1 heterocycles. The zero-order chi connectivity index (χ0) is 11.5. The molecule has 1 aromatic carbocycles. The maximum atomic E-state index is 6.07. The van der Waals surface area contributed by atoms with Gasteiger partial charge in [-0.25, -0.2) is 4.98 Å². The van der Waals surface area contributed by atoms with E-state index in [9.17, 15) is 0 Å². The van der Waals surface area contributed by atoms with Crippen molar-refractivity contribution in [3.8, 4) is 5.75 Å². The van der Waals surface area contributed by atoms with Gasteiger partial charge in [-0.3, -0.25) is 0 Å². The van der Waals surface area contributed by atoms with Crippen LogP contribution in [0.2, 0.25) is 5.02 Å². The van der Waals surface area contributed by atoms with Crippen LogP contribution in [0.1, 0.15) is 16.1 Å². The van der Waals surface area contributed by atoms with Crippen LogP contribution in [0.5, 0.6) is 5.75 Å². The summed E-state index contributed by atoms with van der Waals surface area (Å²) in [5, 5.41) is 0.646. The third kappa shape index (κ3) is 2.54. The molecule has 0 fully saturated rings. The Balaban J connectivity index is 2.08. The van der Waals surface area contributed by atoms with Gasteiger partial charge in [-0.2, -0.15) is 0 Å². The Morgan fingerprint density at radius 1 is 1.38 bits per heavy atom. The van der Waals surface area contributed by atoms with Crippen LogP contribution in [-0.2, 0) is 6.61 Å². The molecule has 0 N–H and O–H groups in total. The van der Waals surface area contributed by atoms with E-state index in [0.717, 1.165) is 11.3 Å². The molecule has 0 saturated carbocycles. The first-order chi connectivity index (χ1) is 7.66. The summed E-state index contributed by atoms with van der Waals surface area (Å²) in [5.41, 5.74) is 3.92. The van der Waals surface area contributed by atoms with Crippen molar-refractivity contribution < 1.29 is 4.74 Å². The minimum Gasteiger partial charge on any atom is -0.486 e. The largest absolute Gasteiger partial charge is 0.486 e. The number of ether oxygens (including phenoxy) is 1. The van der Waals surface area contributed by atoms with Gasteiger partial charge in [-0.1, -0.05) is 17.7 Å². The smallest absolute Gasteiger partial charge is 0.138 e. The highest BCUT2D eigenvalue weighted by molar-refractivity contribution is 7.09. The molecule has 0 amide bonds. The Kier molecular flexibility index (Phi) is 3.46. The second-order valence-electron chi connectivity index (χ2n) is 3.58. The van der Waals surface area contributed by atoms with E-state index in [1.165, 1.54) is 4.88 Å². The Morgan fingerprint density at radius 3 is 2.81 bits per heavy atom. The Bertz CT molecular complexity index is 496. The molecule has 0 unspecified atom stereocenters. The number of rotatable bonds is 3. The number of benzene rings is 1. The first-order valence-corrected chi connectivity index (χ1v) is 6.20. The van der Waals surface area contributed by atoms with Gasteiger partial charge in [0.25, 0.3) is 0 Å². The van der Waals surface area contributed by atoms with Gasteiger partial charge in [0.15, 0.2) is 0 Å². The molecule has 0 aliphatic heterocycles. The monoisotopic (exact) mass is 253 g/mol. The van der Waals surface area contributed by atoms with Gasteiger partial charge in [-0.05, 0) is 31.5 Å². The molecule has 0 saturated heterocycles. The summed E-state index contributed by atoms with van der Waals surface area (Å²) < 4.78 is 5.63. The third-order valence-corrected chi connectivity index (χ3v) is 3.39. The van der Waals surface area contributed by atoms with Gasteiger partial charge in [-0.15, -0.1) is 11.3 Å². The number of halogens is 1. The predicted octanol–water partition coefficient (Wildman–Crippen LogP) is 3.99. The van der Waals surface area contributed by atoms with E-state index < -0.39 is 0 Å². The molecule has 84 valence electrons. The standard InChI is InChI=1S/C12H12ClNOS/c1-8-3-4-12(10(13)5-8)15-6-11-9(2)16-7-14-11/h3-5,7H,6H2,1-2H3. The van der Waals surface area contributed by atoms with Crippen molar-refractivity contribution in [3.63, 3.8) is 0 Å². The summed E-state index contributed by atoms with van der Waals surface area (Å²) in [6.45, 7) is 4.51. The zero-order valence-corrected chi connectivity index (χ0v) is 10.7. The molecule has 4 heteroatoms. The molecule has 0 spiro atoms. The van der Waals surface area contributed by atoms with Gasteiger partial charge in [0.2, 0.25) is 0 Å². The minimum atomic E-state index is 0.470. The predicted molar refractivity (Wildman–Crippen MR) is 67.4 cm³/mol. The highest BCUT2D eigenvalue weighted by Crippen LogP contribution is 2.26. The van der Waals surface area contributed by atoms with Crippen molar-refractivity contribution in [3.05, 3.63) is 44.9 Å². The number of aromatic nitrogens is 1. The average Bonchev–Trinajstić information content (AvgIpc) is 2.63. The fourth-order valence-corrected chi connectivity index (χ4v) is 2.21. The van der Waals surface area contributed by atoms with Crippen LogP contribution < -0.4 is 4.74 Å². The lowest BCUT2D eigenvalue weighted by molar-refractivity contribution is 0.301. The molecule has 0 aliphatic carbocycles. The number of hydrogen-bond donors (Lipinski definition) is 0. The molecular formula is C12H12ClNOS. The molecule has 2 nitrogen and oxygen atoms in total. The second kappa shape index (κ2) is 4.85. The lowest BCUT2D eigenvalue weighted by Gasteiger charge is -2.07. The summed E-state index contributed by atoms with van der Waals surface area (Å²) >= 11 is 7.69. The van der Waals surface area contributed by atoms with Crippen LogP contribution >= 0.6 is 22.9 Å². The van der Waals surface area contributed by atoms with Crippen molar-refractivity contribution in [2.24, 2.45) is 0 Å². The lowest BCUT2D eigenvalue weighted by atomic mass is 10.2. The highest BCUT2D eigenvalue weighted by Gasteiger charge is 2.05. The molecule has 2 rings (SSSR count). The Labute approximate surface area is 104 Å². The normalized spacial score (nSPS) is 10.4. The summed E-state index contributed by atoms with van der Waals surface area (Å²) in [7, 11) is 0. The van der Waals surface area contributed by atoms with Gasteiger partial charge < -0.3 is 4.74 Å². The van der Waals surface area contributed by atoms with E-state index in [4.69, 9.17) is 16.3 Å². The van der Waals surface area contributed by atoms with Crippen LogP contribution in [0.25, 0.3) is 0 Å². The average molecular weight is 254 g/mol. The molecule has 0 radical (unpaired) electrons. The Hall–Kier alpha value is -1.06. The second-order valence-corrected chi connectivity index (χ2v) is 5.04. The summed E-state index contributed by atoms with van der Waals surface area (Å²) in [6.07, 6.45) is 0. The number of hydrogen-bond acceptors (Lipinski definition) is 3.